The molecule has 3 rings (SSSR count). The zero-order valence-electron chi connectivity index (χ0n) is 12.9. The standard InChI is InChI=1S/C18H20FN3O/c19-14-5-3-13(4-6-14)18(8-1-2-9-18)12-22-15-7-10-21-16(11-15)17(20)23/h3-7,10-11H,1-2,8-9,12H2,(H2,20,23)(H,21,22). The highest BCUT2D eigenvalue weighted by Crippen LogP contribution is 2.41. The Bertz CT molecular complexity index is 694. The van der Waals surface area contributed by atoms with Gasteiger partial charge in [-0.3, -0.25) is 9.78 Å². The highest BCUT2D eigenvalue weighted by atomic mass is 19.1. The Kier molecular flexibility index (Phi) is 4.28. The van der Waals surface area contributed by atoms with E-state index in [1.165, 1.54) is 25.0 Å². The van der Waals surface area contributed by atoms with Crippen molar-refractivity contribution >= 4 is 11.6 Å². The Labute approximate surface area is 134 Å². The van der Waals surface area contributed by atoms with Crippen LogP contribution in [0.3, 0.4) is 0 Å². The fourth-order valence-electron chi connectivity index (χ4n) is 3.37. The maximum absolute atomic E-state index is 13.2. The number of nitrogens with two attached hydrogens (primary N) is 1. The van der Waals surface area contributed by atoms with Crippen molar-refractivity contribution in [3.63, 3.8) is 0 Å². The summed E-state index contributed by atoms with van der Waals surface area (Å²) in [5.41, 5.74) is 7.50. The number of hydrogen-bond donors (Lipinski definition) is 2. The van der Waals surface area contributed by atoms with Crippen LogP contribution in [0, 0.1) is 5.82 Å². The first kappa shape index (κ1) is 15.5. The number of nitrogens with one attached hydrogen (secondary N) is 1. The molecule has 0 atom stereocenters. The molecule has 1 aromatic heterocycles. The lowest BCUT2D eigenvalue weighted by atomic mass is 9.78. The molecular formula is C18H20FN3O. The van der Waals surface area contributed by atoms with Crippen LogP contribution >= 0.6 is 0 Å². The molecule has 0 radical (unpaired) electrons. The molecule has 3 N–H and O–H groups in total. The van der Waals surface area contributed by atoms with Crippen molar-refractivity contribution in [1.29, 1.82) is 0 Å². The zero-order valence-corrected chi connectivity index (χ0v) is 12.9. The van der Waals surface area contributed by atoms with Crippen LogP contribution in [0.15, 0.2) is 42.6 Å². The van der Waals surface area contributed by atoms with E-state index in [9.17, 15) is 9.18 Å². The fourth-order valence-corrected chi connectivity index (χ4v) is 3.37. The molecule has 0 spiro atoms. The monoisotopic (exact) mass is 313 g/mol. The smallest absolute Gasteiger partial charge is 0.267 e. The van der Waals surface area contributed by atoms with E-state index in [0.29, 0.717) is 0 Å². The maximum Gasteiger partial charge on any atom is 0.267 e. The lowest BCUT2D eigenvalue weighted by Crippen LogP contribution is -2.31. The van der Waals surface area contributed by atoms with Crippen LogP contribution in [0.2, 0.25) is 0 Å². The lowest BCUT2D eigenvalue weighted by Gasteiger charge is -2.30. The predicted octanol–water partition coefficient (Wildman–Crippen LogP) is 3.24. The molecule has 1 aromatic carbocycles. The van der Waals surface area contributed by atoms with Crippen LogP contribution < -0.4 is 11.1 Å². The van der Waals surface area contributed by atoms with Crippen LogP contribution in [-0.2, 0) is 5.41 Å². The van der Waals surface area contributed by atoms with Crippen LogP contribution in [0.4, 0.5) is 10.1 Å². The number of anilines is 1. The number of carbonyl (C=O) groups is 1. The van der Waals surface area contributed by atoms with Gasteiger partial charge >= 0.3 is 0 Å². The topological polar surface area (TPSA) is 68.0 Å². The third kappa shape index (κ3) is 3.33. The molecule has 0 unspecified atom stereocenters. The number of aromatic nitrogens is 1. The van der Waals surface area contributed by atoms with Crippen molar-refractivity contribution < 1.29 is 9.18 Å². The Balaban J connectivity index is 1.79. The second-order valence-corrected chi connectivity index (χ2v) is 6.14. The van der Waals surface area contributed by atoms with Crippen LogP contribution in [0.25, 0.3) is 0 Å². The molecule has 5 heteroatoms. The number of hydrogen-bond acceptors (Lipinski definition) is 3. The summed E-state index contributed by atoms with van der Waals surface area (Å²) in [7, 11) is 0. The normalized spacial score (nSPS) is 16.2. The van der Waals surface area contributed by atoms with Gasteiger partial charge in [0.2, 0.25) is 0 Å². The molecule has 4 nitrogen and oxygen atoms in total. The molecule has 1 aliphatic rings. The maximum atomic E-state index is 13.2. The highest BCUT2D eigenvalue weighted by Gasteiger charge is 2.35. The van der Waals surface area contributed by atoms with Crippen molar-refractivity contribution in [2.24, 2.45) is 5.73 Å². The van der Waals surface area contributed by atoms with Crippen molar-refractivity contribution in [1.82, 2.24) is 4.98 Å². The zero-order chi connectivity index (χ0) is 16.3. The summed E-state index contributed by atoms with van der Waals surface area (Å²) in [5, 5.41) is 3.39. The minimum absolute atomic E-state index is 0.00383. The summed E-state index contributed by atoms with van der Waals surface area (Å²) in [6.07, 6.45) is 6.05. The second kappa shape index (κ2) is 6.36. The molecule has 1 saturated carbocycles. The number of rotatable bonds is 5. The Morgan fingerprint density at radius 2 is 1.91 bits per heavy atom. The van der Waals surface area contributed by atoms with Gasteiger partial charge in [-0.15, -0.1) is 0 Å². The van der Waals surface area contributed by atoms with Crippen molar-refractivity contribution in [2.75, 3.05) is 11.9 Å². The van der Waals surface area contributed by atoms with E-state index in [1.807, 2.05) is 18.2 Å². The van der Waals surface area contributed by atoms with E-state index in [0.717, 1.165) is 30.6 Å². The summed E-state index contributed by atoms with van der Waals surface area (Å²) >= 11 is 0. The van der Waals surface area contributed by atoms with E-state index in [1.54, 1.807) is 12.3 Å². The van der Waals surface area contributed by atoms with E-state index in [4.69, 9.17) is 5.73 Å². The summed E-state index contributed by atoms with van der Waals surface area (Å²) in [6.45, 7) is 0.737. The van der Waals surface area contributed by atoms with Crippen molar-refractivity contribution in [2.45, 2.75) is 31.1 Å². The average molecular weight is 313 g/mol. The van der Waals surface area contributed by atoms with Gasteiger partial charge in [-0.05, 0) is 42.7 Å². The SMILES string of the molecule is NC(=O)c1cc(NCC2(c3ccc(F)cc3)CCCC2)ccn1. The third-order valence-electron chi connectivity index (χ3n) is 4.66. The lowest BCUT2D eigenvalue weighted by molar-refractivity contribution is 0.0995. The van der Waals surface area contributed by atoms with Gasteiger partial charge in [-0.1, -0.05) is 25.0 Å². The van der Waals surface area contributed by atoms with Gasteiger partial charge in [0.1, 0.15) is 11.5 Å². The number of halogens is 1. The minimum atomic E-state index is -0.539. The number of primary amides is 1. The number of benzene rings is 1. The number of amides is 1. The molecular weight excluding hydrogens is 293 g/mol. The highest BCUT2D eigenvalue weighted by molar-refractivity contribution is 5.91. The van der Waals surface area contributed by atoms with Crippen molar-refractivity contribution in [3.8, 4) is 0 Å². The van der Waals surface area contributed by atoms with Gasteiger partial charge in [0.15, 0.2) is 0 Å². The van der Waals surface area contributed by atoms with Crippen LogP contribution in [0.5, 0.6) is 0 Å². The first-order chi connectivity index (χ1) is 11.1. The molecule has 1 aliphatic carbocycles. The molecule has 0 bridgehead atoms. The first-order valence-electron chi connectivity index (χ1n) is 7.85. The van der Waals surface area contributed by atoms with Gasteiger partial charge in [0.05, 0.1) is 0 Å². The quantitative estimate of drug-likeness (QED) is 0.890. The molecule has 2 aromatic rings. The Hall–Kier alpha value is -2.43. The average Bonchev–Trinajstić information content (AvgIpc) is 3.04. The minimum Gasteiger partial charge on any atom is -0.384 e. The largest absolute Gasteiger partial charge is 0.384 e. The van der Waals surface area contributed by atoms with Gasteiger partial charge in [0.25, 0.3) is 5.91 Å². The number of carbonyl (C=O) groups excluding carboxylic acids is 1. The van der Waals surface area contributed by atoms with Crippen molar-refractivity contribution in [3.05, 3.63) is 59.7 Å². The van der Waals surface area contributed by atoms with Gasteiger partial charge < -0.3 is 11.1 Å². The second-order valence-electron chi connectivity index (χ2n) is 6.14. The first-order valence-corrected chi connectivity index (χ1v) is 7.85. The van der Waals surface area contributed by atoms with E-state index in [2.05, 4.69) is 10.3 Å². The number of pyridine rings is 1. The van der Waals surface area contributed by atoms with E-state index in [-0.39, 0.29) is 16.9 Å². The summed E-state index contributed by atoms with van der Waals surface area (Å²) in [5.74, 6) is -0.752. The van der Waals surface area contributed by atoms with Gasteiger partial charge in [-0.2, -0.15) is 0 Å². The summed E-state index contributed by atoms with van der Waals surface area (Å²) < 4.78 is 13.2. The molecule has 0 aliphatic heterocycles. The number of nitrogens with zero attached hydrogens (tertiary/aromatic N) is 1. The third-order valence-corrected chi connectivity index (χ3v) is 4.66. The van der Waals surface area contributed by atoms with E-state index < -0.39 is 5.91 Å². The van der Waals surface area contributed by atoms with Crippen LogP contribution in [0.1, 0.15) is 41.7 Å². The van der Waals surface area contributed by atoms with Gasteiger partial charge in [0, 0.05) is 23.8 Å². The summed E-state index contributed by atoms with van der Waals surface area (Å²) in [4.78, 5) is 15.2. The summed E-state index contributed by atoms with van der Waals surface area (Å²) in [6, 6.07) is 10.3. The predicted molar refractivity (Wildman–Crippen MR) is 87.8 cm³/mol. The molecule has 1 heterocycles. The van der Waals surface area contributed by atoms with Gasteiger partial charge in [-0.25, -0.2) is 4.39 Å². The molecule has 120 valence electrons. The van der Waals surface area contributed by atoms with Crippen LogP contribution in [-0.4, -0.2) is 17.4 Å². The molecule has 23 heavy (non-hydrogen) atoms. The fraction of sp³-hybridized carbons (Fsp3) is 0.333. The van der Waals surface area contributed by atoms with E-state index >= 15 is 0 Å². The molecule has 1 fully saturated rings. The Morgan fingerprint density at radius 3 is 2.57 bits per heavy atom. The molecule has 0 saturated heterocycles. The Morgan fingerprint density at radius 1 is 1.22 bits per heavy atom. The molecule has 1 amide bonds.